The van der Waals surface area contributed by atoms with Crippen LogP contribution in [0.4, 0.5) is 8.78 Å². The quantitative estimate of drug-likeness (QED) is 0.771. The smallest absolute Gasteiger partial charge is 0.258 e. The fourth-order valence-corrected chi connectivity index (χ4v) is 3.23. The molecule has 3 aromatic rings. The lowest BCUT2D eigenvalue weighted by Crippen LogP contribution is -2.31. The number of hydrogen-bond acceptors (Lipinski definition) is 4. The average molecular weight is 344 g/mol. The highest BCUT2D eigenvalue weighted by molar-refractivity contribution is 6.00. The van der Waals surface area contributed by atoms with Gasteiger partial charge in [-0.05, 0) is 24.1 Å². The van der Waals surface area contributed by atoms with Crippen LogP contribution in [0.1, 0.15) is 28.4 Å². The van der Waals surface area contributed by atoms with Gasteiger partial charge < -0.3 is 10.0 Å². The molecule has 2 atom stereocenters. The van der Waals surface area contributed by atoms with E-state index in [2.05, 4.69) is 10.1 Å². The maximum atomic E-state index is 13.6. The molecule has 128 valence electrons. The average Bonchev–Trinajstić information content (AvgIpc) is 3.20. The van der Waals surface area contributed by atoms with Crippen molar-refractivity contribution in [1.82, 2.24) is 19.5 Å². The van der Waals surface area contributed by atoms with Crippen LogP contribution in [0.2, 0.25) is 0 Å². The molecule has 0 spiro atoms. The first-order chi connectivity index (χ1) is 12.0. The van der Waals surface area contributed by atoms with Gasteiger partial charge in [0.1, 0.15) is 0 Å². The Morgan fingerprint density at radius 3 is 2.88 bits per heavy atom. The molecule has 0 saturated carbocycles. The molecule has 0 bridgehead atoms. The third-order valence-electron chi connectivity index (χ3n) is 4.42. The molecule has 1 saturated heterocycles. The molecule has 1 N–H and O–H groups in total. The van der Waals surface area contributed by atoms with Gasteiger partial charge in [-0.25, -0.2) is 13.3 Å². The maximum absolute atomic E-state index is 13.6. The van der Waals surface area contributed by atoms with Crippen LogP contribution in [0, 0.1) is 11.6 Å². The predicted molar refractivity (Wildman–Crippen MR) is 83.7 cm³/mol. The molecule has 0 aliphatic carbocycles. The Kier molecular flexibility index (Phi) is 3.69. The number of halogens is 2. The van der Waals surface area contributed by atoms with Crippen molar-refractivity contribution in [2.24, 2.45) is 0 Å². The minimum atomic E-state index is -0.980. The van der Waals surface area contributed by atoms with E-state index in [-0.39, 0.29) is 18.9 Å². The summed E-state index contributed by atoms with van der Waals surface area (Å²) in [5, 5.41) is 14.1. The highest BCUT2D eigenvalue weighted by Gasteiger charge is 2.37. The molecule has 2 aromatic heterocycles. The number of amides is 1. The third kappa shape index (κ3) is 2.64. The lowest BCUT2D eigenvalue weighted by atomic mass is 10.0. The zero-order valence-corrected chi connectivity index (χ0v) is 13.0. The topological polar surface area (TPSA) is 70.7 Å². The van der Waals surface area contributed by atoms with Crippen LogP contribution >= 0.6 is 0 Å². The monoisotopic (exact) mass is 344 g/mol. The van der Waals surface area contributed by atoms with Gasteiger partial charge in [0.2, 0.25) is 0 Å². The van der Waals surface area contributed by atoms with Crippen LogP contribution in [0.5, 0.6) is 0 Å². The number of fused-ring (bicyclic) bond motifs is 1. The van der Waals surface area contributed by atoms with Gasteiger partial charge in [-0.15, -0.1) is 0 Å². The number of β-amino-alcohol motifs (C(OH)–C–C–N with tert-alkyl or cyclic N) is 1. The summed E-state index contributed by atoms with van der Waals surface area (Å²) in [6.45, 7) is 0.111. The summed E-state index contributed by atoms with van der Waals surface area (Å²) in [6, 6.07) is 2.98. The molecule has 1 aliphatic rings. The van der Waals surface area contributed by atoms with Crippen LogP contribution in [0.15, 0.2) is 43.0 Å². The second kappa shape index (κ2) is 5.89. The molecule has 6 nitrogen and oxygen atoms in total. The molecule has 1 fully saturated rings. The molecule has 1 aromatic carbocycles. The number of nitrogens with zero attached hydrogens (tertiary/aromatic N) is 4. The fraction of sp³-hybridized carbons (Fsp3) is 0.235. The number of aliphatic hydroxyl groups is 1. The van der Waals surface area contributed by atoms with Crippen LogP contribution in [0.3, 0.4) is 0 Å². The Balaban J connectivity index is 1.72. The van der Waals surface area contributed by atoms with E-state index in [9.17, 15) is 18.7 Å². The van der Waals surface area contributed by atoms with Crippen molar-refractivity contribution in [3.05, 3.63) is 65.7 Å². The Bertz CT molecular complexity index is 959. The number of rotatable bonds is 2. The Hall–Kier alpha value is -2.87. The number of hydrogen-bond donors (Lipinski definition) is 1. The third-order valence-corrected chi connectivity index (χ3v) is 4.42. The van der Waals surface area contributed by atoms with Gasteiger partial charge in [0.15, 0.2) is 11.6 Å². The van der Waals surface area contributed by atoms with Gasteiger partial charge in [-0.1, -0.05) is 6.07 Å². The molecule has 1 amide bonds. The minimum Gasteiger partial charge on any atom is -0.391 e. The van der Waals surface area contributed by atoms with Crippen LogP contribution < -0.4 is 0 Å². The van der Waals surface area contributed by atoms with E-state index in [0.29, 0.717) is 16.6 Å². The summed E-state index contributed by atoms with van der Waals surface area (Å²) in [6.07, 6.45) is 5.66. The van der Waals surface area contributed by atoms with Gasteiger partial charge >= 0.3 is 0 Å². The van der Waals surface area contributed by atoms with Crippen LogP contribution in [-0.2, 0) is 0 Å². The summed E-state index contributed by atoms with van der Waals surface area (Å²) >= 11 is 0. The number of benzene rings is 1. The standard InChI is InChI=1S/C17H14F2N4O2/c18-13-2-1-10(5-14(13)19)15-6-11(24)9-22(15)17(25)12-7-21-23-4-3-20-8-16(12)23/h1-5,7-8,11,15,24H,6,9H2. The summed E-state index contributed by atoms with van der Waals surface area (Å²) in [4.78, 5) is 18.4. The SMILES string of the molecule is O=C(c1cnn2ccncc12)N1CC(O)CC1c1ccc(F)c(F)c1. The molecule has 4 rings (SSSR count). The largest absolute Gasteiger partial charge is 0.391 e. The summed E-state index contributed by atoms with van der Waals surface area (Å²) in [5.74, 6) is -2.27. The fourth-order valence-electron chi connectivity index (χ4n) is 3.23. The van der Waals surface area contributed by atoms with E-state index in [1.807, 2.05) is 0 Å². The van der Waals surface area contributed by atoms with E-state index in [0.717, 1.165) is 12.1 Å². The van der Waals surface area contributed by atoms with Crippen molar-refractivity contribution in [2.45, 2.75) is 18.6 Å². The summed E-state index contributed by atoms with van der Waals surface area (Å²) < 4.78 is 28.3. The van der Waals surface area contributed by atoms with Crippen molar-refractivity contribution < 1.29 is 18.7 Å². The lowest BCUT2D eigenvalue weighted by molar-refractivity contribution is 0.0717. The lowest BCUT2D eigenvalue weighted by Gasteiger charge is -2.24. The van der Waals surface area contributed by atoms with Gasteiger partial charge in [0.25, 0.3) is 5.91 Å². The van der Waals surface area contributed by atoms with Gasteiger partial charge in [-0.3, -0.25) is 9.78 Å². The first-order valence-corrected chi connectivity index (χ1v) is 7.76. The molecule has 3 heterocycles. The molecule has 0 radical (unpaired) electrons. The second-order valence-corrected chi connectivity index (χ2v) is 6.00. The van der Waals surface area contributed by atoms with Crippen molar-refractivity contribution in [3.8, 4) is 0 Å². The van der Waals surface area contributed by atoms with Crippen molar-refractivity contribution in [2.75, 3.05) is 6.54 Å². The number of carbonyl (C=O) groups excluding carboxylic acids is 1. The van der Waals surface area contributed by atoms with Crippen molar-refractivity contribution >= 4 is 11.4 Å². The zero-order chi connectivity index (χ0) is 17.6. The second-order valence-electron chi connectivity index (χ2n) is 6.00. The molecular weight excluding hydrogens is 330 g/mol. The highest BCUT2D eigenvalue weighted by Crippen LogP contribution is 2.34. The van der Waals surface area contributed by atoms with Gasteiger partial charge in [0.05, 0.1) is 35.6 Å². The van der Waals surface area contributed by atoms with Crippen molar-refractivity contribution in [3.63, 3.8) is 0 Å². The van der Waals surface area contributed by atoms with Gasteiger partial charge in [-0.2, -0.15) is 5.10 Å². The van der Waals surface area contributed by atoms with E-state index < -0.39 is 23.8 Å². The Morgan fingerprint density at radius 2 is 2.08 bits per heavy atom. The number of aliphatic hydroxyl groups excluding tert-OH is 1. The predicted octanol–water partition coefficient (Wildman–Crippen LogP) is 1.96. The molecule has 1 aliphatic heterocycles. The number of aromatic nitrogens is 3. The van der Waals surface area contributed by atoms with E-state index in [1.165, 1.54) is 27.9 Å². The van der Waals surface area contributed by atoms with E-state index in [4.69, 9.17) is 0 Å². The first kappa shape index (κ1) is 15.6. The van der Waals surface area contributed by atoms with Crippen LogP contribution in [0.25, 0.3) is 5.52 Å². The van der Waals surface area contributed by atoms with Crippen LogP contribution in [-0.4, -0.2) is 43.2 Å². The van der Waals surface area contributed by atoms with Gasteiger partial charge in [0, 0.05) is 18.9 Å². The first-order valence-electron chi connectivity index (χ1n) is 7.76. The summed E-state index contributed by atoms with van der Waals surface area (Å²) in [5.41, 5.74) is 1.33. The maximum Gasteiger partial charge on any atom is 0.258 e. The van der Waals surface area contributed by atoms with E-state index in [1.54, 1.807) is 12.4 Å². The molecule has 2 unspecified atom stereocenters. The number of carbonyl (C=O) groups is 1. The van der Waals surface area contributed by atoms with E-state index >= 15 is 0 Å². The zero-order valence-electron chi connectivity index (χ0n) is 13.0. The molecule has 8 heteroatoms. The number of likely N-dealkylation sites (tertiary alicyclic amines) is 1. The Morgan fingerprint density at radius 1 is 1.24 bits per heavy atom. The Labute approximate surface area is 141 Å². The minimum absolute atomic E-state index is 0.111. The highest BCUT2D eigenvalue weighted by atomic mass is 19.2. The summed E-state index contributed by atoms with van der Waals surface area (Å²) in [7, 11) is 0. The normalized spacial score (nSPS) is 20.4. The van der Waals surface area contributed by atoms with Crippen molar-refractivity contribution in [1.29, 1.82) is 0 Å². The molecule has 25 heavy (non-hydrogen) atoms. The molecular formula is C17H14F2N4O2.